The normalized spacial score (nSPS) is 19.5. The van der Waals surface area contributed by atoms with E-state index in [0.29, 0.717) is 19.0 Å². The van der Waals surface area contributed by atoms with Crippen LogP contribution in [0.2, 0.25) is 0 Å². The van der Waals surface area contributed by atoms with Crippen molar-refractivity contribution >= 4 is 16.7 Å². The topological polar surface area (TPSA) is 82.4 Å². The van der Waals surface area contributed by atoms with Gasteiger partial charge in [0.2, 0.25) is 0 Å². The standard InChI is InChI=1S/C20H17F5N4O2/c1-19(31)4-5-29(9-19)18-16-13(6-10(8-26-16)17(21)22)15(27-28-18)12-3-2-11(7-14(12)30)20(23,24)25/h2-3,6-8,17,30-31H,4-5,9H2,1H3/t19-/m0/s1. The SMILES string of the molecule is C[C@]1(O)CCN(c2nnc(-c3ccc(C(F)(F)F)cc3O)c3cc(C(F)F)cnc23)C1. The highest BCUT2D eigenvalue weighted by molar-refractivity contribution is 5.99. The highest BCUT2D eigenvalue weighted by Gasteiger charge is 2.34. The number of hydrogen-bond acceptors (Lipinski definition) is 6. The third-order valence-electron chi connectivity index (χ3n) is 5.20. The molecule has 3 aromatic rings. The summed E-state index contributed by atoms with van der Waals surface area (Å²) in [5.41, 5.74) is -2.43. The van der Waals surface area contributed by atoms with Gasteiger partial charge in [0.25, 0.3) is 6.43 Å². The number of benzene rings is 1. The van der Waals surface area contributed by atoms with Gasteiger partial charge in [0.1, 0.15) is 17.0 Å². The second-order valence-corrected chi connectivity index (χ2v) is 7.74. The van der Waals surface area contributed by atoms with E-state index in [1.807, 2.05) is 0 Å². The number of phenolic OH excluding ortho intramolecular Hbond substituents is 1. The number of rotatable bonds is 3. The zero-order valence-electron chi connectivity index (χ0n) is 16.2. The molecule has 0 saturated carbocycles. The Labute approximate surface area is 173 Å². The van der Waals surface area contributed by atoms with Crippen molar-refractivity contribution < 1.29 is 32.2 Å². The minimum absolute atomic E-state index is 0.0778. The molecule has 0 amide bonds. The third kappa shape index (κ3) is 3.97. The first-order chi connectivity index (χ1) is 14.5. The van der Waals surface area contributed by atoms with Crippen molar-refractivity contribution in [2.45, 2.75) is 31.5 Å². The predicted molar refractivity (Wildman–Crippen MR) is 102 cm³/mol. The van der Waals surface area contributed by atoms with Gasteiger partial charge in [-0.2, -0.15) is 13.2 Å². The molecule has 2 aromatic heterocycles. The Balaban J connectivity index is 1.90. The molecule has 4 rings (SSSR count). The Morgan fingerprint density at radius 3 is 2.48 bits per heavy atom. The summed E-state index contributed by atoms with van der Waals surface area (Å²) < 4.78 is 65.4. The van der Waals surface area contributed by atoms with Gasteiger partial charge in [0.05, 0.1) is 11.2 Å². The number of β-amino-alcohol motifs (C(OH)–C–C–N with tert-alkyl or cyclic N) is 1. The van der Waals surface area contributed by atoms with Crippen LogP contribution in [0.3, 0.4) is 0 Å². The number of halogens is 5. The molecule has 1 aromatic carbocycles. The lowest BCUT2D eigenvalue weighted by Gasteiger charge is -2.21. The van der Waals surface area contributed by atoms with Gasteiger partial charge in [0, 0.05) is 35.8 Å². The monoisotopic (exact) mass is 440 g/mol. The highest BCUT2D eigenvalue weighted by atomic mass is 19.4. The van der Waals surface area contributed by atoms with E-state index in [9.17, 15) is 32.2 Å². The number of aliphatic hydroxyl groups is 1. The molecular formula is C20H17F5N4O2. The molecule has 1 aliphatic rings. The smallest absolute Gasteiger partial charge is 0.416 e. The Kier molecular flexibility index (Phi) is 4.95. The predicted octanol–water partition coefficient (Wildman–Crippen LogP) is 4.31. The van der Waals surface area contributed by atoms with Crippen molar-refractivity contribution in [3.8, 4) is 17.0 Å². The molecule has 0 spiro atoms. The zero-order chi connectivity index (χ0) is 22.6. The quantitative estimate of drug-likeness (QED) is 0.591. The second-order valence-electron chi connectivity index (χ2n) is 7.74. The molecule has 3 heterocycles. The number of anilines is 1. The fraction of sp³-hybridized carbons (Fsp3) is 0.350. The third-order valence-corrected chi connectivity index (χ3v) is 5.20. The van der Waals surface area contributed by atoms with Crippen molar-refractivity contribution in [1.82, 2.24) is 15.2 Å². The van der Waals surface area contributed by atoms with Crippen molar-refractivity contribution in [2.75, 3.05) is 18.0 Å². The van der Waals surface area contributed by atoms with Crippen LogP contribution in [-0.4, -0.2) is 44.1 Å². The molecule has 164 valence electrons. The molecule has 1 fully saturated rings. The van der Waals surface area contributed by atoms with Crippen LogP contribution in [0.4, 0.5) is 27.8 Å². The molecule has 6 nitrogen and oxygen atoms in total. The summed E-state index contributed by atoms with van der Waals surface area (Å²) in [6.45, 7) is 2.30. The van der Waals surface area contributed by atoms with Gasteiger partial charge in [-0.3, -0.25) is 4.98 Å². The minimum Gasteiger partial charge on any atom is -0.507 e. The van der Waals surface area contributed by atoms with E-state index in [4.69, 9.17) is 0 Å². The number of nitrogens with zero attached hydrogens (tertiary/aromatic N) is 4. The van der Waals surface area contributed by atoms with Gasteiger partial charge in [-0.15, -0.1) is 10.2 Å². The van der Waals surface area contributed by atoms with Gasteiger partial charge in [0.15, 0.2) is 5.82 Å². The number of aromatic hydroxyl groups is 1. The maximum atomic E-state index is 13.3. The lowest BCUT2D eigenvalue weighted by atomic mass is 10.0. The lowest BCUT2D eigenvalue weighted by Crippen LogP contribution is -2.30. The molecule has 31 heavy (non-hydrogen) atoms. The molecule has 0 bridgehead atoms. The minimum atomic E-state index is -4.66. The first-order valence-corrected chi connectivity index (χ1v) is 9.29. The van der Waals surface area contributed by atoms with Crippen LogP contribution in [0.1, 0.15) is 30.9 Å². The van der Waals surface area contributed by atoms with E-state index in [1.54, 1.807) is 11.8 Å². The molecule has 1 atom stereocenters. The zero-order valence-corrected chi connectivity index (χ0v) is 16.2. The van der Waals surface area contributed by atoms with E-state index in [0.717, 1.165) is 24.4 Å². The van der Waals surface area contributed by atoms with E-state index in [1.165, 1.54) is 0 Å². The summed E-state index contributed by atoms with van der Waals surface area (Å²) in [6.07, 6.45) is -6.06. The summed E-state index contributed by atoms with van der Waals surface area (Å²) >= 11 is 0. The largest absolute Gasteiger partial charge is 0.507 e. The maximum Gasteiger partial charge on any atom is 0.416 e. The first-order valence-electron chi connectivity index (χ1n) is 9.29. The van der Waals surface area contributed by atoms with Crippen LogP contribution in [-0.2, 0) is 6.18 Å². The van der Waals surface area contributed by atoms with Crippen molar-refractivity contribution in [3.05, 3.63) is 41.6 Å². The van der Waals surface area contributed by atoms with E-state index < -0.39 is 35.1 Å². The van der Waals surface area contributed by atoms with Gasteiger partial charge in [-0.1, -0.05) is 0 Å². The van der Waals surface area contributed by atoms with Crippen LogP contribution >= 0.6 is 0 Å². The van der Waals surface area contributed by atoms with Crippen molar-refractivity contribution in [1.29, 1.82) is 0 Å². The van der Waals surface area contributed by atoms with Gasteiger partial charge in [-0.05, 0) is 37.6 Å². The summed E-state index contributed by atoms with van der Waals surface area (Å²) in [6, 6.07) is 3.44. The van der Waals surface area contributed by atoms with E-state index in [-0.39, 0.29) is 34.5 Å². The Hall–Kier alpha value is -3.08. The fourth-order valence-electron chi connectivity index (χ4n) is 3.60. The van der Waals surface area contributed by atoms with Crippen LogP contribution in [0, 0.1) is 0 Å². The van der Waals surface area contributed by atoms with Crippen molar-refractivity contribution in [2.24, 2.45) is 0 Å². The molecule has 1 aliphatic heterocycles. The number of phenols is 1. The molecule has 0 unspecified atom stereocenters. The average Bonchev–Trinajstić information content (AvgIpc) is 3.05. The fourth-order valence-corrected chi connectivity index (χ4v) is 3.60. The number of hydrogen-bond donors (Lipinski definition) is 2. The molecule has 0 radical (unpaired) electrons. The number of alkyl halides is 5. The molecule has 0 aliphatic carbocycles. The van der Waals surface area contributed by atoms with Crippen molar-refractivity contribution in [3.63, 3.8) is 0 Å². The Bertz CT molecular complexity index is 1150. The maximum absolute atomic E-state index is 13.3. The van der Waals surface area contributed by atoms with E-state index >= 15 is 0 Å². The summed E-state index contributed by atoms with van der Waals surface area (Å²) in [5, 5.41) is 28.7. The highest BCUT2D eigenvalue weighted by Crippen LogP contribution is 2.40. The molecular weight excluding hydrogens is 423 g/mol. The number of fused-ring (bicyclic) bond motifs is 1. The lowest BCUT2D eigenvalue weighted by molar-refractivity contribution is -0.137. The Morgan fingerprint density at radius 2 is 1.90 bits per heavy atom. The second kappa shape index (κ2) is 7.26. The first kappa shape index (κ1) is 21.2. The molecule has 11 heteroatoms. The molecule has 1 saturated heterocycles. The van der Waals surface area contributed by atoms with Gasteiger partial charge >= 0.3 is 6.18 Å². The summed E-state index contributed by atoms with van der Waals surface area (Å²) in [5.74, 6) is -0.464. The number of pyridine rings is 1. The molecule has 2 N–H and O–H groups in total. The van der Waals surface area contributed by atoms with Crippen LogP contribution in [0.15, 0.2) is 30.5 Å². The summed E-state index contributed by atoms with van der Waals surface area (Å²) in [4.78, 5) is 5.81. The van der Waals surface area contributed by atoms with Crippen LogP contribution in [0.25, 0.3) is 22.2 Å². The van der Waals surface area contributed by atoms with Crippen LogP contribution < -0.4 is 4.90 Å². The van der Waals surface area contributed by atoms with Gasteiger partial charge in [-0.25, -0.2) is 8.78 Å². The number of aromatic nitrogens is 3. The summed E-state index contributed by atoms with van der Waals surface area (Å²) in [7, 11) is 0. The van der Waals surface area contributed by atoms with Gasteiger partial charge < -0.3 is 15.1 Å². The Morgan fingerprint density at radius 1 is 1.16 bits per heavy atom. The average molecular weight is 440 g/mol. The van der Waals surface area contributed by atoms with Crippen LogP contribution in [0.5, 0.6) is 5.75 Å². The van der Waals surface area contributed by atoms with E-state index in [2.05, 4.69) is 15.2 Å².